The molecule has 3 N–H and O–H groups in total. The van der Waals surface area contributed by atoms with Crippen molar-refractivity contribution in [1.29, 1.82) is 0 Å². The van der Waals surface area contributed by atoms with Crippen LogP contribution in [0.5, 0.6) is 0 Å². The molecule has 3 rings (SSSR count). The summed E-state index contributed by atoms with van der Waals surface area (Å²) >= 11 is 0. The van der Waals surface area contributed by atoms with Gasteiger partial charge in [-0.25, -0.2) is 4.39 Å². The lowest BCUT2D eigenvalue weighted by Crippen LogP contribution is -2.38. The first kappa shape index (κ1) is 18.1. The second kappa shape index (κ2) is 8.60. The second-order valence-corrected chi connectivity index (χ2v) is 6.55. The Morgan fingerprint density at radius 3 is 2.73 bits per heavy atom. The van der Waals surface area contributed by atoms with Gasteiger partial charge in [0.2, 0.25) is 5.91 Å². The highest BCUT2D eigenvalue weighted by molar-refractivity contribution is 5.99. The average Bonchev–Trinajstić information content (AvgIpc) is 3.12. The van der Waals surface area contributed by atoms with Crippen LogP contribution in [0, 0.1) is 5.82 Å². The summed E-state index contributed by atoms with van der Waals surface area (Å²) in [4.78, 5) is 24.3. The number of aromatic nitrogens is 2. The molecule has 0 bridgehead atoms. The fourth-order valence-electron chi connectivity index (χ4n) is 3.26. The summed E-state index contributed by atoms with van der Waals surface area (Å²) in [7, 11) is 0. The topological polar surface area (TPSA) is 86.9 Å². The quantitative estimate of drug-likeness (QED) is 0.742. The highest BCUT2D eigenvalue weighted by atomic mass is 19.1. The lowest BCUT2D eigenvalue weighted by atomic mass is 9.95. The summed E-state index contributed by atoms with van der Waals surface area (Å²) in [6.45, 7) is 0.222. The molecule has 1 aromatic heterocycles. The number of carbonyl (C=O) groups excluding carboxylic acids is 2. The van der Waals surface area contributed by atoms with Gasteiger partial charge in [-0.1, -0.05) is 31.4 Å². The van der Waals surface area contributed by atoms with Crippen LogP contribution in [0.3, 0.4) is 0 Å². The maximum atomic E-state index is 13.9. The minimum absolute atomic E-state index is 0.0567. The van der Waals surface area contributed by atoms with Gasteiger partial charge in [-0.05, 0) is 25.0 Å². The molecule has 2 aromatic rings. The molecule has 1 aliphatic rings. The van der Waals surface area contributed by atoms with E-state index in [9.17, 15) is 14.0 Å². The lowest BCUT2D eigenvalue weighted by molar-refractivity contribution is -0.121. The van der Waals surface area contributed by atoms with Crippen LogP contribution in [-0.2, 0) is 4.79 Å². The number of halogens is 1. The van der Waals surface area contributed by atoms with Crippen LogP contribution in [-0.4, -0.2) is 34.6 Å². The zero-order chi connectivity index (χ0) is 18.4. The third kappa shape index (κ3) is 4.47. The summed E-state index contributed by atoms with van der Waals surface area (Å²) < 4.78 is 13.9. The van der Waals surface area contributed by atoms with E-state index in [1.807, 2.05) is 0 Å². The highest BCUT2D eigenvalue weighted by Crippen LogP contribution is 2.23. The smallest absolute Gasteiger partial charge is 0.255 e. The number of rotatable bonds is 6. The number of aromatic amines is 1. The van der Waals surface area contributed by atoms with Crippen molar-refractivity contribution < 1.29 is 14.0 Å². The Labute approximate surface area is 151 Å². The maximum absolute atomic E-state index is 13.9. The zero-order valence-electron chi connectivity index (χ0n) is 14.6. The van der Waals surface area contributed by atoms with Gasteiger partial charge in [-0.2, -0.15) is 5.10 Å². The van der Waals surface area contributed by atoms with Crippen LogP contribution in [0.15, 0.2) is 30.5 Å². The molecule has 6 nitrogen and oxygen atoms in total. The fraction of sp³-hybridized carbons (Fsp3) is 0.421. The van der Waals surface area contributed by atoms with Gasteiger partial charge in [0, 0.05) is 24.6 Å². The standard InChI is InChI=1S/C19H23FN4O2/c20-16-9-5-4-8-14(16)18-15(12-22-24-18)19(26)21-11-10-17(25)23-13-6-2-1-3-7-13/h4-5,8-9,12-13H,1-3,6-7,10-11H2,(H,21,26)(H,22,24)(H,23,25). The molecule has 0 radical (unpaired) electrons. The monoisotopic (exact) mass is 358 g/mol. The van der Waals surface area contributed by atoms with Gasteiger partial charge in [0.25, 0.3) is 5.91 Å². The van der Waals surface area contributed by atoms with Gasteiger partial charge < -0.3 is 10.6 Å². The third-order valence-corrected chi connectivity index (χ3v) is 4.64. The van der Waals surface area contributed by atoms with Gasteiger partial charge >= 0.3 is 0 Å². The Morgan fingerprint density at radius 1 is 1.19 bits per heavy atom. The maximum Gasteiger partial charge on any atom is 0.255 e. The van der Waals surface area contributed by atoms with Crippen LogP contribution in [0.4, 0.5) is 4.39 Å². The summed E-state index contributed by atoms with van der Waals surface area (Å²) in [5, 5.41) is 12.2. The molecule has 138 valence electrons. The van der Waals surface area contributed by atoms with E-state index in [0.717, 1.165) is 25.7 Å². The van der Waals surface area contributed by atoms with E-state index < -0.39 is 5.82 Å². The number of H-pyrrole nitrogens is 1. The number of hydrogen-bond donors (Lipinski definition) is 3. The number of nitrogens with one attached hydrogen (secondary N) is 3. The molecular weight excluding hydrogens is 335 g/mol. The lowest BCUT2D eigenvalue weighted by Gasteiger charge is -2.22. The Bertz CT molecular complexity index is 768. The van der Waals surface area contributed by atoms with E-state index in [1.165, 1.54) is 18.7 Å². The number of nitrogens with zero attached hydrogens (tertiary/aromatic N) is 1. The second-order valence-electron chi connectivity index (χ2n) is 6.55. The molecule has 0 aliphatic heterocycles. The van der Waals surface area contributed by atoms with Crippen LogP contribution in [0.2, 0.25) is 0 Å². The predicted octanol–water partition coefficient (Wildman–Crippen LogP) is 2.78. The molecule has 1 aromatic carbocycles. The fourth-order valence-corrected chi connectivity index (χ4v) is 3.26. The molecule has 0 spiro atoms. The van der Waals surface area contributed by atoms with E-state index in [0.29, 0.717) is 5.69 Å². The van der Waals surface area contributed by atoms with Gasteiger partial charge in [0.05, 0.1) is 17.5 Å². The molecule has 0 unspecified atom stereocenters. The zero-order valence-corrected chi connectivity index (χ0v) is 14.6. The highest BCUT2D eigenvalue weighted by Gasteiger charge is 2.18. The molecule has 1 fully saturated rings. The van der Waals surface area contributed by atoms with Crippen LogP contribution in [0.1, 0.15) is 48.9 Å². The van der Waals surface area contributed by atoms with Crippen molar-refractivity contribution in [1.82, 2.24) is 20.8 Å². The molecule has 0 saturated heterocycles. The average molecular weight is 358 g/mol. The van der Waals surface area contributed by atoms with Gasteiger partial charge in [0.1, 0.15) is 5.82 Å². The van der Waals surface area contributed by atoms with Gasteiger partial charge in [0.15, 0.2) is 0 Å². The first-order chi connectivity index (χ1) is 12.6. The minimum Gasteiger partial charge on any atom is -0.353 e. The number of carbonyl (C=O) groups is 2. The number of hydrogen-bond acceptors (Lipinski definition) is 3. The van der Waals surface area contributed by atoms with Gasteiger partial charge in [-0.15, -0.1) is 0 Å². The Morgan fingerprint density at radius 2 is 1.96 bits per heavy atom. The number of amides is 2. The van der Waals surface area contributed by atoms with Crippen LogP contribution in [0.25, 0.3) is 11.3 Å². The molecule has 1 saturated carbocycles. The SMILES string of the molecule is O=C(CCNC(=O)c1cn[nH]c1-c1ccccc1F)NC1CCCCC1. The van der Waals surface area contributed by atoms with Crippen molar-refractivity contribution in [2.24, 2.45) is 0 Å². The van der Waals surface area contributed by atoms with E-state index in [-0.39, 0.29) is 41.9 Å². The largest absolute Gasteiger partial charge is 0.353 e. The molecule has 0 atom stereocenters. The van der Waals surface area contributed by atoms with Crippen LogP contribution < -0.4 is 10.6 Å². The van der Waals surface area contributed by atoms with Crippen molar-refractivity contribution in [3.8, 4) is 11.3 Å². The summed E-state index contributed by atoms with van der Waals surface area (Å²) in [6.07, 6.45) is 7.17. The van der Waals surface area contributed by atoms with Crippen molar-refractivity contribution in [2.75, 3.05) is 6.54 Å². The van der Waals surface area contributed by atoms with Crippen molar-refractivity contribution in [3.05, 3.63) is 41.8 Å². The normalized spacial score (nSPS) is 14.8. The first-order valence-electron chi connectivity index (χ1n) is 9.01. The van der Waals surface area contributed by atoms with Crippen molar-refractivity contribution in [3.63, 3.8) is 0 Å². The summed E-state index contributed by atoms with van der Waals surface area (Å²) in [5.41, 5.74) is 0.861. The summed E-state index contributed by atoms with van der Waals surface area (Å²) in [5.74, 6) is -0.876. The molecule has 1 heterocycles. The first-order valence-corrected chi connectivity index (χ1v) is 9.01. The predicted molar refractivity (Wildman–Crippen MR) is 95.9 cm³/mol. The summed E-state index contributed by atoms with van der Waals surface area (Å²) in [6, 6.07) is 6.44. The molecule has 26 heavy (non-hydrogen) atoms. The molecule has 1 aliphatic carbocycles. The Hall–Kier alpha value is -2.70. The Kier molecular flexibility index (Phi) is 5.99. The van der Waals surface area contributed by atoms with Crippen molar-refractivity contribution in [2.45, 2.75) is 44.6 Å². The van der Waals surface area contributed by atoms with Crippen LogP contribution >= 0.6 is 0 Å². The Balaban J connectivity index is 1.52. The molecular formula is C19H23FN4O2. The van der Waals surface area contributed by atoms with E-state index in [4.69, 9.17) is 0 Å². The minimum atomic E-state index is -0.433. The van der Waals surface area contributed by atoms with E-state index in [2.05, 4.69) is 20.8 Å². The van der Waals surface area contributed by atoms with E-state index >= 15 is 0 Å². The third-order valence-electron chi connectivity index (χ3n) is 4.64. The molecule has 2 amide bonds. The van der Waals surface area contributed by atoms with Crippen molar-refractivity contribution >= 4 is 11.8 Å². The van der Waals surface area contributed by atoms with E-state index in [1.54, 1.807) is 18.2 Å². The van der Waals surface area contributed by atoms with Gasteiger partial charge in [-0.3, -0.25) is 14.7 Å². The number of benzene rings is 1. The molecule has 7 heteroatoms.